The van der Waals surface area contributed by atoms with Gasteiger partial charge in [0.05, 0.1) is 19.4 Å². The molecule has 0 radical (unpaired) electrons. The van der Waals surface area contributed by atoms with E-state index in [-0.39, 0.29) is 23.9 Å². The summed E-state index contributed by atoms with van der Waals surface area (Å²) in [6.07, 6.45) is 0.613. The Morgan fingerprint density at radius 3 is 2.81 bits per heavy atom. The maximum absolute atomic E-state index is 14.7. The van der Waals surface area contributed by atoms with Crippen LogP contribution in [-0.2, 0) is 13.0 Å². The highest BCUT2D eigenvalue weighted by Crippen LogP contribution is 2.29. The van der Waals surface area contributed by atoms with Gasteiger partial charge in [0.1, 0.15) is 5.82 Å². The predicted molar refractivity (Wildman–Crippen MR) is 101 cm³/mol. The molecule has 1 aliphatic heterocycles. The molecule has 0 bridgehead atoms. The quantitative estimate of drug-likeness (QED) is 0.832. The first-order valence-electron chi connectivity index (χ1n) is 8.27. The molecule has 2 aromatic carbocycles. The number of benzene rings is 2. The normalized spacial score (nSPS) is 12.6. The molecule has 0 spiro atoms. The molecule has 0 saturated carbocycles. The van der Waals surface area contributed by atoms with Gasteiger partial charge in [-0.05, 0) is 55.3 Å². The van der Waals surface area contributed by atoms with Crippen molar-refractivity contribution in [2.24, 2.45) is 0 Å². The molecule has 0 unspecified atom stereocenters. The molecular formula is C19H22ClFN2O3. The molecule has 26 heavy (non-hydrogen) atoms. The van der Waals surface area contributed by atoms with E-state index < -0.39 is 5.91 Å². The number of fused-ring (bicyclic) bond motifs is 1. The summed E-state index contributed by atoms with van der Waals surface area (Å²) in [5.41, 5.74) is 2.17. The first kappa shape index (κ1) is 20.0. The Morgan fingerprint density at radius 1 is 1.27 bits per heavy atom. The van der Waals surface area contributed by atoms with Crippen molar-refractivity contribution in [2.75, 3.05) is 25.6 Å². The van der Waals surface area contributed by atoms with Gasteiger partial charge in [-0.25, -0.2) is 4.39 Å². The third-order valence-electron chi connectivity index (χ3n) is 4.18. The average Bonchev–Trinajstić information content (AvgIpc) is 2.64. The van der Waals surface area contributed by atoms with Crippen molar-refractivity contribution in [1.29, 1.82) is 0 Å². The summed E-state index contributed by atoms with van der Waals surface area (Å²) in [6.45, 7) is 3.75. The van der Waals surface area contributed by atoms with E-state index in [4.69, 9.17) is 9.47 Å². The Kier molecular flexibility index (Phi) is 6.83. The van der Waals surface area contributed by atoms with Crippen molar-refractivity contribution in [2.45, 2.75) is 19.9 Å². The monoisotopic (exact) mass is 380 g/mol. The van der Waals surface area contributed by atoms with Gasteiger partial charge in [-0.15, -0.1) is 12.4 Å². The van der Waals surface area contributed by atoms with Crippen molar-refractivity contribution in [3.63, 3.8) is 0 Å². The molecule has 0 atom stereocenters. The van der Waals surface area contributed by atoms with Crippen LogP contribution in [0.3, 0.4) is 0 Å². The maximum Gasteiger partial charge on any atom is 0.255 e. The number of nitrogens with one attached hydrogen (secondary N) is 2. The van der Waals surface area contributed by atoms with E-state index in [0.717, 1.165) is 12.1 Å². The van der Waals surface area contributed by atoms with Crippen molar-refractivity contribution in [3.05, 3.63) is 52.8 Å². The van der Waals surface area contributed by atoms with Gasteiger partial charge in [-0.3, -0.25) is 4.79 Å². The number of hydrogen-bond donors (Lipinski definition) is 2. The lowest BCUT2D eigenvalue weighted by molar-refractivity contribution is 0.102. The van der Waals surface area contributed by atoms with Gasteiger partial charge in [0, 0.05) is 12.1 Å². The molecule has 0 aromatic heterocycles. The zero-order chi connectivity index (χ0) is 17.8. The molecule has 1 heterocycles. The zero-order valence-corrected chi connectivity index (χ0v) is 15.5. The minimum Gasteiger partial charge on any atom is -0.493 e. The van der Waals surface area contributed by atoms with Gasteiger partial charge < -0.3 is 20.1 Å². The highest BCUT2D eigenvalue weighted by molar-refractivity contribution is 6.04. The number of carbonyl (C=O) groups is 1. The molecule has 1 amide bonds. The molecule has 2 aromatic rings. The van der Waals surface area contributed by atoms with Gasteiger partial charge in [0.15, 0.2) is 11.5 Å². The van der Waals surface area contributed by atoms with Crippen molar-refractivity contribution in [1.82, 2.24) is 5.32 Å². The number of carbonyl (C=O) groups excluding carboxylic acids is 1. The van der Waals surface area contributed by atoms with Gasteiger partial charge in [0.2, 0.25) is 0 Å². The van der Waals surface area contributed by atoms with Crippen LogP contribution >= 0.6 is 12.4 Å². The molecule has 2 N–H and O–H groups in total. The van der Waals surface area contributed by atoms with Crippen LogP contribution in [0, 0.1) is 5.82 Å². The van der Waals surface area contributed by atoms with Gasteiger partial charge in [-0.2, -0.15) is 0 Å². The molecule has 140 valence electrons. The van der Waals surface area contributed by atoms with Crippen LogP contribution in [-0.4, -0.2) is 26.2 Å². The fourth-order valence-electron chi connectivity index (χ4n) is 2.91. The topological polar surface area (TPSA) is 59.6 Å². The Bertz CT molecular complexity index is 799. The van der Waals surface area contributed by atoms with E-state index >= 15 is 0 Å². The Morgan fingerprint density at radius 2 is 2.08 bits per heavy atom. The third kappa shape index (κ3) is 4.08. The van der Waals surface area contributed by atoms with E-state index in [0.29, 0.717) is 42.2 Å². The number of amides is 1. The van der Waals surface area contributed by atoms with Crippen molar-refractivity contribution < 1.29 is 18.7 Å². The number of anilines is 1. The van der Waals surface area contributed by atoms with Crippen LogP contribution in [0.15, 0.2) is 30.3 Å². The molecule has 0 saturated heterocycles. The highest BCUT2D eigenvalue weighted by atomic mass is 35.5. The Labute approximate surface area is 158 Å². The second-order valence-corrected chi connectivity index (χ2v) is 5.74. The molecule has 0 fully saturated rings. The highest BCUT2D eigenvalue weighted by Gasteiger charge is 2.18. The molecule has 5 nitrogen and oxygen atoms in total. The van der Waals surface area contributed by atoms with Crippen LogP contribution in [0.5, 0.6) is 11.5 Å². The molecular weight excluding hydrogens is 359 g/mol. The lowest BCUT2D eigenvalue weighted by Gasteiger charge is -2.19. The standard InChI is InChI=1S/C19H21FN2O3.ClH/c1-3-25-16-7-5-12(10-17(16)24-2)19(23)22-15-6-4-13-11-21-9-8-14(13)18(15)20;/h4-7,10,21H,3,8-9,11H2,1-2H3,(H,22,23);1H. The number of methoxy groups -OCH3 is 1. The van der Waals surface area contributed by atoms with Crippen molar-refractivity contribution in [3.8, 4) is 11.5 Å². The molecule has 3 rings (SSSR count). The Balaban J connectivity index is 0.00000243. The molecule has 0 aliphatic carbocycles. The summed E-state index contributed by atoms with van der Waals surface area (Å²) >= 11 is 0. The number of ether oxygens (including phenoxy) is 2. The minimum atomic E-state index is -0.394. The molecule has 1 aliphatic rings. The van der Waals surface area contributed by atoms with E-state index in [1.54, 1.807) is 24.3 Å². The van der Waals surface area contributed by atoms with Crippen LogP contribution in [0.2, 0.25) is 0 Å². The first-order valence-corrected chi connectivity index (χ1v) is 8.27. The number of hydrogen-bond acceptors (Lipinski definition) is 4. The fraction of sp³-hybridized carbons (Fsp3) is 0.316. The smallest absolute Gasteiger partial charge is 0.255 e. The number of rotatable bonds is 5. The van der Waals surface area contributed by atoms with E-state index in [1.165, 1.54) is 7.11 Å². The molecule has 7 heteroatoms. The summed E-state index contributed by atoms with van der Waals surface area (Å²) in [7, 11) is 1.51. The summed E-state index contributed by atoms with van der Waals surface area (Å²) in [6, 6.07) is 8.33. The predicted octanol–water partition coefficient (Wildman–Crippen LogP) is 3.55. The van der Waals surface area contributed by atoms with Crippen LogP contribution in [0.25, 0.3) is 0 Å². The second-order valence-electron chi connectivity index (χ2n) is 5.74. The second kappa shape index (κ2) is 8.87. The van der Waals surface area contributed by atoms with Gasteiger partial charge in [-0.1, -0.05) is 6.07 Å². The van der Waals surface area contributed by atoms with E-state index in [9.17, 15) is 9.18 Å². The van der Waals surface area contributed by atoms with Gasteiger partial charge >= 0.3 is 0 Å². The van der Waals surface area contributed by atoms with Crippen LogP contribution in [0.4, 0.5) is 10.1 Å². The Hall–Kier alpha value is -2.31. The summed E-state index contributed by atoms with van der Waals surface area (Å²) in [5, 5.41) is 5.85. The maximum atomic E-state index is 14.7. The average molecular weight is 381 g/mol. The summed E-state index contributed by atoms with van der Waals surface area (Å²) in [5.74, 6) is 0.278. The summed E-state index contributed by atoms with van der Waals surface area (Å²) in [4.78, 5) is 12.5. The fourth-order valence-corrected chi connectivity index (χ4v) is 2.91. The lowest BCUT2D eigenvalue weighted by Crippen LogP contribution is -2.25. The first-order chi connectivity index (χ1) is 12.1. The van der Waals surface area contributed by atoms with Crippen LogP contribution < -0.4 is 20.1 Å². The lowest BCUT2D eigenvalue weighted by atomic mass is 9.99. The van der Waals surface area contributed by atoms with Gasteiger partial charge in [0.25, 0.3) is 5.91 Å². The van der Waals surface area contributed by atoms with E-state index in [1.807, 2.05) is 13.0 Å². The van der Waals surface area contributed by atoms with Crippen molar-refractivity contribution >= 4 is 24.0 Å². The number of halogens is 2. The zero-order valence-electron chi connectivity index (χ0n) is 14.7. The SMILES string of the molecule is CCOc1ccc(C(=O)Nc2ccc3c(c2F)CCNC3)cc1OC.Cl. The largest absolute Gasteiger partial charge is 0.493 e. The summed E-state index contributed by atoms with van der Waals surface area (Å²) < 4.78 is 25.3. The van der Waals surface area contributed by atoms with E-state index in [2.05, 4.69) is 10.6 Å². The minimum absolute atomic E-state index is 0. The van der Waals surface area contributed by atoms with Crippen LogP contribution in [0.1, 0.15) is 28.4 Å². The third-order valence-corrected chi connectivity index (χ3v) is 4.18.